The van der Waals surface area contributed by atoms with Gasteiger partial charge in [0.05, 0.1) is 10.6 Å². The van der Waals surface area contributed by atoms with E-state index in [0.717, 1.165) is 10.6 Å². The second kappa shape index (κ2) is 7.56. The normalized spacial score (nSPS) is 17.3. The molecular weight excluding hydrogens is 396 g/mol. The first-order chi connectivity index (χ1) is 14.0. The van der Waals surface area contributed by atoms with Crippen molar-refractivity contribution in [3.8, 4) is 0 Å². The Kier molecular flexibility index (Phi) is 4.94. The zero-order chi connectivity index (χ0) is 20.5. The lowest BCUT2D eigenvalue weighted by Gasteiger charge is -2.37. The monoisotopic (exact) mass is 412 g/mol. The number of rotatable bonds is 4. The van der Waals surface area contributed by atoms with Gasteiger partial charge in [-0.2, -0.15) is 0 Å². The molecule has 9 heteroatoms. The lowest BCUT2D eigenvalue weighted by molar-refractivity contribution is -0.384. The Balaban J connectivity index is 1.53. The number of nitro benzene ring substituents is 1. The van der Waals surface area contributed by atoms with Crippen LogP contribution in [0.4, 0.5) is 17.1 Å². The fraction of sp³-hybridized carbons (Fsp3) is 0.200. The van der Waals surface area contributed by atoms with Gasteiger partial charge >= 0.3 is 0 Å². The van der Waals surface area contributed by atoms with Gasteiger partial charge in [0.2, 0.25) is 0 Å². The van der Waals surface area contributed by atoms with Crippen LogP contribution in [0.5, 0.6) is 0 Å². The Morgan fingerprint density at radius 2 is 1.45 bits per heavy atom. The van der Waals surface area contributed by atoms with Crippen LogP contribution < -0.4 is 9.80 Å². The highest BCUT2D eigenvalue weighted by molar-refractivity contribution is 6.52. The molecule has 0 atom stereocenters. The Morgan fingerprint density at radius 1 is 0.828 bits per heavy atom. The molecule has 148 valence electrons. The molecule has 0 spiro atoms. The molecule has 2 aromatic carbocycles. The first kappa shape index (κ1) is 18.9. The van der Waals surface area contributed by atoms with E-state index in [1.54, 1.807) is 4.90 Å². The number of nitro groups is 1. The van der Waals surface area contributed by atoms with Crippen LogP contribution in [-0.4, -0.2) is 47.8 Å². The molecule has 0 radical (unpaired) electrons. The molecule has 1 saturated heterocycles. The van der Waals surface area contributed by atoms with Gasteiger partial charge in [-0.3, -0.25) is 19.7 Å². The maximum atomic E-state index is 13.0. The maximum absolute atomic E-state index is 13.0. The van der Waals surface area contributed by atoms with Crippen molar-refractivity contribution in [3.05, 3.63) is 75.4 Å². The number of piperazine rings is 1. The average Bonchev–Trinajstić information content (AvgIpc) is 2.97. The SMILES string of the molecule is O=C1C(Cl)=C(N2CCN(c3ccccc3)CC2)C(=O)N1c1cccc([N+](=O)[O-])c1. The Morgan fingerprint density at radius 3 is 2.10 bits per heavy atom. The predicted octanol–water partition coefficient (Wildman–Crippen LogP) is 2.74. The second-order valence-electron chi connectivity index (χ2n) is 6.69. The molecular formula is C20H17ClN4O4. The number of imide groups is 1. The van der Waals surface area contributed by atoms with Crippen molar-refractivity contribution in [2.75, 3.05) is 36.0 Å². The van der Waals surface area contributed by atoms with Gasteiger partial charge in [0.1, 0.15) is 10.7 Å². The quantitative estimate of drug-likeness (QED) is 0.436. The first-order valence-corrected chi connectivity index (χ1v) is 9.43. The van der Waals surface area contributed by atoms with Gasteiger partial charge in [0.15, 0.2) is 0 Å². The van der Waals surface area contributed by atoms with Crippen LogP contribution in [0.15, 0.2) is 65.3 Å². The molecule has 0 N–H and O–H groups in total. The third-order valence-corrected chi connectivity index (χ3v) is 5.36. The molecule has 29 heavy (non-hydrogen) atoms. The summed E-state index contributed by atoms with van der Waals surface area (Å²) < 4.78 is 0. The largest absolute Gasteiger partial charge is 0.368 e. The van der Waals surface area contributed by atoms with Crippen LogP contribution in [0.3, 0.4) is 0 Å². The molecule has 0 bridgehead atoms. The minimum absolute atomic E-state index is 0.130. The molecule has 4 rings (SSSR count). The van der Waals surface area contributed by atoms with Crippen LogP contribution in [0.1, 0.15) is 0 Å². The summed E-state index contributed by atoms with van der Waals surface area (Å²) in [5.41, 5.74) is 1.17. The predicted molar refractivity (Wildman–Crippen MR) is 109 cm³/mol. The van der Waals surface area contributed by atoms with E-state index in [2.05, 4.69) is 4.90 Å². The molecule has 2 heterocycles. The van der Waals surface area contributed by atoms with E-state index >= 15 is 0 Å². The number of hydrogen-bond donors (Lipinski definition) is 0. The topological polar surface area (TPSA) is 87.0 Å². The molecule has 2 aliphatic rings. The first-order valence-electron chi connectivity index (χ1n) is 9.05. The number of carbonyl (C=O) groups is 2. The minimum atomic E-state index is -0.669. The van der Waals surface area contributed by atoms with Crippen molar-refractivity contribution in [1.29, 1.82) is 0 Å². The van der Waals surface area contributed by atoms with Crippen LogP contribution in [-0.2, 0) is 9.59 Å². The highest BCUT2D eigenvalue weighted by atomic mass is 35.5. The van der Waals surface area contributed by atoms with E-state index in [1.165, 1.54) is 24.3 Å². The summed E-state index contributed by atoms with van der Waals surface area (Å²) in [4.78, 5) is 41.0. The number of anilines is 2. The molecule has 0 aliphatic carbocycles. The van der Waals surface area contributed by atoms with Crippen molar-refractivity contribution in [2.45, 2.75) is 0 Å². The standard InChI is InChI=1S/C20H17ClN4O4/c21-17-18(23-11-9-22(10-12-23)14-5-2-1-3-6-14)20(27)24(19(17)26)15-7-4-8-16(13-15)25(28)29/h1-8,13H,9-12H2. The summed E-state index contributed by atoms with van der Waals surface area (Å²) in [6, 6.07) is 15.3. The summed E-state index contributed by atoms with van der Waals surface area (Å²) in [6.07, 6.45) is 0. The van der Waals surface area contributed by atoms with Crippen molar-refractivity contribution in [1.82, 2.24) is 4.90 Å². The number of hydrogen-bond acceptors (Lipinski definition) is 6. The van der Waals surface area contributed by atoms with Crippen LogP contribution in [0, 0.1) is 10.1 Å². The summed E-state index contributed by atoms with van der Waals surface area (Å²) in [7, 11) is 0. The maximum Gasteiger partial charge on any atom is 0.283 e. The van der Waals surface area contributed by atoms with Gasteiger partial charge in [-0.1, -0.05) is 35.9 Å². The molecule has 0 unspecified atom stereocenters. The second-order valence-corrected chi connectivity index (χ2v) is 7.07. The van der Waals surface area contributed by atoms with E-state index in [4.69, 9.17) is 11.6 Å². The number of nitrogens with zero attached hydrogens (tertiary/aromatic N) is 4. The van der Waals surface area contributed by atoms with Gasteiger partial charge in [0, 0.05) is 44.0 Å². The van der Waals surface area contributed by atoms with Gasteiger partial charge in [-0.05, 0) is 18.2 Å². The number of halogens is 1. The van der Waals surface area contributed by atoms with E-state index in [9.17, 15) is 19.7 Å². The molecule has 2 amide bonds. The highest BCUT2D eigenvalue weighted by Gasteiger charge is 2.42. The lowest BCUT2D eigenvalue weighted by Crippen LogP contribution is -2.47. The van der Waals surface area contributed by atoms with Gasteiger partial charge in [-0.25, -0.2) is 4.90 Å². The van der Waals surface area contributed by atoms with Crippen molar-refractivity contribution >= 4 is 40.5 Å². The number of non-ortho nitro benzene ring substituents is 1. The van der Waals surface area contributed by atoms with E-state index in [-0.39, 0.29) is 22.1 Å². The smallest absolute Gasteiger partial charge is 0.283 e. The number of amides is 2. The average molecular weight is 413 g/mol. The lowest BCUT2D eigenvalue weighted by atomic mass is 10.2. The van der Waals surface area contributed by atoms with Crippen molar-refractivity contribution < 1.29 is 14.5 Å². The van der Waals surface area contributed by atoms with Crippen LogP contribution in [0.2, 0.25) is 0 Å². The summed E-state index contributed by atoms with van der Waals surface area (Å²) in [6.45, 7) is 2.41. The Bertz CT molecular complexity index is 1020. The number of benzene rings is 2. The van der Waals surface area contributed by atoms with Gasteiger partial charge in [-0.15, -0.1) is 0 Å². The number of carbonyl (C=O) groups excluding carboxylic acids is 2. The zero-order valence-electron chi connectivity index (χ0n) is 15.3. The molecule has 0 aromatic heterocycles. The molecule has 2 aromatic rings. The Hall–Kier alpha value is -3.39. The third-order valence-electron chi connectivity index (χ3n) is 5.02. The third kappa shape index (κ3) is 3.42. The highest BCUT2D eigenvalue weighted by Crippen LogP contribution is 2.33. The van der Waals surface area contributed by atoms with Crippen LogP contribution >= 0.6 is 11.6 Å². The summed E-state index contributed by atoms with van der Waals surface area (Å²) in [5, 5.41) is 10.9. The van der Waals surface area contributed by atoms with E-state index < -0.39 is 16.7 Å². The fourth-order valence-electron chi connectivity index (χ4n) is 3.57. The number of para-hydroxylation sites is 1. The van der Waals surface area contributed by atoms with Gasteiger partial charge < -0.3 is 9.80 Å². The van der Waals surface area contributed by atoms with E-state index in [0.29, 0.717) is 26.2 Å². The van der Waals surface area contributed by atoms with Gasteiger partial charge in [0.25, 0.3) is 17.5 Å². The summed E-state index contributed by atoms with van der Waals surface area (Å²) >= 11 is 6.24. The molecule has 8 nitrogen and oxygen atoms in total. The molecule has 0 saturated carbocycles. The zero-order valence-corrected chi connectivity index (χ0v) is 16.1. The van der Waals surface area contributed by atoms with Crippen LogP contribution in [0.25, 0.3) is 0 Å². The molecule has 2 aliphatic heterocycles. The molecule has 1 fully saturated rings. The van der Waals surface area contributed by atoms with Crippen molar-refractivity contribution in [2.24, 2.45) is 0 Å². The van der Waals surface area contributed by atoms with E-state index in [1.807, 2.05) is 30.3 Å². The minimum Gasteiger partial charge on any atom is -0.368 e. The summed E-state index contributed by atoms with van der Waals surface area (Å²) in [5.74, 6) is -1.23. The Labute approximate surface area is 171 Å². The fourth-order valence-corrected chi connectivity index (χ4v) is 3.86. The van der Waals surface area contributed by atoms with Crippen molar-refractivity contribution in [3.63, 3.8) is 0 Å².